The van der Waals surface area contributed by atoms with E-state index in [1.54, 1.807) is 0 Å². The van der Waals surface area contributed by atoms with E-state index in [-0.39, 0.29) is 21.4 Å². The number of aliphatic hydroxyl groups is 1. The summed E-state index contributed by atoms with van der Waals surface area (Å²) in [6.07, 6.45) is 4.22. The number of hydrogen-bond acceptors (Lipinski definition) is 5. The lowest BCUT2D eigenvalue weighted by molar-refractivity contribution is 0.0818. The Bertz CT molecular complexity index is 399. The van der Waals surface area contributed by atoms with E-state index >= 15 is 0 Å². The lowest BCUT2D eigenvalue weighted by Gasteiger charge is -2.20. The van der Waals surface area contributed by atoms with Crippen molar-refractivity contribution >= 4 is 28.8 Å². The first-order chi connectivity index (χ1) is 8.16. The number of nitrogens with zero attached hydrogens (tertiary/aromatic N) is 2. The van der Waals surface area contributed by atoms with Crippen LogP contribution in [0.2, 0.25) is 4.47 Å². The van der Waals surface area contributed by atoms with Crippen LogP contribution in [0.15, 0.2) is 0 Å². The van der Waals surface area contributed by atoms with Crippen LogP contribution >= 0.6 is 22.9 Å². The molecule has 0 aromatic carbocycles. The van der Waals surface area contributed by atoms with Crippen LogP contribution in [-0.4, -0.2) is 33.4 Å². The molecule has 1 saturated carbocycles. The number of nitrogens with one attached hydrogen (secondary N) is 1. The van der Waals surface area contributed by atoms with Crippen LogP contribution in [0, 0.1) is 0 Å². The molecule has 1 aliphatic rings. The number of amides is 1. The van der Waals surface area contributed by atoms with Crippen LogP contribution in [-0.2, 0) is 0 Å². The zero-order valence-corrected chi connectivity index (χ0v) is 10.8. The van der Waals surface area contributed by atoms with Gasteiger partial charge in [-0.15, -0.1) is 10.2 Å². The van der Waals surface area contributed by atoms with Crippen molar-refractivity contribution in [3.63, 3.8) is 0 Å². The van der Waals surface area contributed by atoms with Gasteiger partial charge in [0.2, 0.25) is 9.47 Å². The molecular formula is C10H14ClN3O2S. The highest BCUT2D eigenvalue weighted by atomic mass is 35.5. The molecule has 2 atom stereocenters. The monoisotopic (exact) mass is 275 g/mol. The molecule has 1 heterocycles. The molecule has 0 aliphatic heterocycles. The van der Waals surface area contributed by atoms with E-state index in [1.165, 1.54) is 0 Å². The van der Waals surface area contributed by atoms with Crippen LogP contribution < -0.4 is 5.32 Å². The molecule has 17 heavy (non-hydrogen) atoms. The summed E-state index contributed by atoms with van der Waals surface area (Å²) in [6.45, 7) is 0. The number of rotatable bonds is 2. The van der Waals surface area contributed by atoms with E-state index in [2.05, 4.69) is 15.5 Å². The molecule has 0 spiro atoms. The van der Waals surface area contributed by atoms with Gasteiger partial charge in [-0.3, -0.25) is 4.79 Å². The van der Waals surface area contributed by atoms with E-state index in [4.69, 9.17) is 11.6 Å². The molecule has 1 fully saturated rings. The zero-order valence-electron chi connectivity index (χ0n) is 9.23. The van der Waals surface area contributed by atoms with Gasteiger partial charge < -0.3 is 10.4 Å². The third kappa shape index (κ3) is 3.37. The number of carbonyl (C=O) groups excluding carboxylic acids is 1. The van der Waals surface area contributed by atoms with Gasteiger partial charge >= 0.3 is 0 Å². The first-order valence-electron chi connectivity index (χ1n) is 5.65. The fourth-order valence-corrected chi connectivity index (χ4v) is 2.72. The first-order valence-corrected chi connectivity index (χ1v) is 6.84. The standard InChI is InChI=1S/C10H14ClN3O2S/c11-10-14-13-9(17-10)8(16)12-6-4-2-1-3-5-7(6)15/h6-7,15H,1-5H2,(H,12,16). The van der Waals surface area contributed by atoms with Crippen molar-refractivity contribution in [2.45, 2.75) is 44.2 Å². The molecule has 0 radical (unpaired) electrons. The molecule has 7 heteroatoms. The fraction of sp³-hybridized carbons (Fsp3) is 0.700. The Kier molecular flexibility index (Phi) is 4.31. The Morgan fingerprint density at radius 3 is 2.82 bits per heavy atom. The largest absolute Gasteiger partial charge is 0.391 e. The van der Waals surface area contributed by atoms with Crippen molar-refractivity contribution in [1.29, 1.82) is 0 Å². The summed E-state index contributed by atoms with van der Waals surface area (Å²) in [6, 6.07) is -0.187. The summed E-state index contributed by atoms with van der Waals surface area (Å²) in [4.78, 5) is 11.8. The van der Waals surface area contributed by atoms with Crippen molar-refractivity contribution in [3.8, 4) is 0 Å². The highest BCUT2D eigenvalue weighted by Gasteiger charge is 2.24. The number of aromatic nitrogens is 2. The van der Waals surface area contributed by atoms with E-state index in [9.17, 15) is 9.90 Å². The molecule has 1 amide bonds. The quantitative estimate of drug-likeness (QED) is 0.804. The van der Waals surface area contributed by atoms with Gasteiger partial charge in [0.1, 0.15) is 0 Å². The van der Waals surface area contributed by atoms with Gasteiger partial charge in [0.05, 0.1) is 12.1 Å². The van der Waals surface area contributed by atoms with Gasteiger partial charge in [-0.2, -0.15) is 0 Å². The Morgan fingerprint density at radius 2 is 2.12 bits per heavy atom. The maximum absolute atomic E-state index is 11.8. The number of hydrogen-bond donors (Lipinski definition) is 2. The van der Waals surface area contributed by atoms with E-state index in [0.717, 1.165) is 43.4 Å². The highest BCUT2D eigenvalue weighted by molar-refractivity contribution is 7.17. The summed E-state index contributed by atoms with van der Waals surface area (Å²) >= 11 is 6.66. The van der Waals surface area contributed by atoms with E-state index in [0.29, 0.717) is 0 Å². The predicted molar refractivity (Wildman–Crippen MR) is 65.3 cm³/mol. The van der Waals surface area contributed by atoms with Crippen LogP contribution in [0.5, 0.6) is 0 Å². The van der Waals surface area contributed by atoms with Crippen molar-refractivity contribution in [1.82, 2.24) is 15.5 Å². The Morgan fingerprint density at radius 1 is 1.35 bits per heavy atom. The number of carbonyl (C=O) groups is 1. The molecule has 1 aliphatic carbocycles. The van der Waals surface area contributed by atoms with Gasteiger partial charge in [0.25, 0.3) is 5.91 Å². The molecule has 0 saturated heterocycles. The second-order valence-electron chi connectivity index (χ2n) is 4.15. The Hall–Kier alpha value is -0.720. The number of halogens is 1. The minimum absolute atomic E-state index is 0.187. The SMILES string of the molecule is O=C(NC1CCCCCC1O)c1nnc(Cl)s1. The van der Waals surface area contributed by atoms with Gasteiger partial charge in [0, 0.05) is 0 Å². The normalized spacial score (nSPS) is 25.3. The third-order valence-electron chi connectivity index (χ3n) is 2.89. The first kappa shape index (κ1) is 12.7. The highest BCUT2D eigenvalue weighted by Crippen LogP contribution is 2.19. The average molecular weight is 276 g/mol. The molecule has 94 valence electrons. The molecule has 1 aromatic heterocycles. The number of aliphatic hydroxyl groups excluding tert-OH is 1. The van der Waals surface area contributed by atoms with Gasteiger partial charge in [0.15, 0.2) is 0 Å². The Labute approximate surface area is 108 Å². The second kappa shape index (κ2) is 5.75. The minimum Gasteiger partial charge on any atom is -0.391 e. The maximum atomic E-state index is 11.8. The molecule has 0 bridgehead atoms. The summed E-state index contributed by atoms with van der Waals surface area (Å²) in [5, 5.41) is 20.2. The van der Waals surface area contributed by atoms with Crippen LogP contribution in [0.4, 0.5) is 0 Å². The molecule has 2 N–H and O–H groups in total. The van der Waals surface area contributed by atoms with Crippen LogP contribution in [0.3, 0.4) is 0 Å². The molecule has 5 nitrogen and oxygen atoms in total. The molecule has 2 unspecified atom stereocenters. The van der Waals surface area contributed by atoms with E-state index < -0.39 is 6.10 Å². The summed E-state index contributed by atoms with van der Waals surface area (Å²) in [5.74, 6) is -0.305. The Balaban J connectivity index is 1.97. The topological polar surface area (TPSA) is 75.1 Å². The van der Waals surface area contributed by atoms with Gasteiger partial charge in [-0.1, -0.05) is 30.6 Å². The summed E-state index contributed by atoms with van der Waals surface area (Å²) in [5.41, 5.74) is 0. The molecular weight excluding hydrogens is 262 g/mol. The van der Waals surface area contributed by atoms with Gasteiger partial charge in [-0.25, -0.2) is 0 Å². The summed E-state index contributed by atoms with van der Waals surface area (Å²) in [7, 11) is 0. The lowest BCUT2D eigenvalue weighted by Crippen LogP contribution is -2.42. The predicted octanol–water partition coefficient (Wildman–Crippen LogP) is 1.61. The van der Waals surface area contributed by atoms with Crippen molar-refractivity contribution < 1.29 is 9.90 Å². The minimum atomic E-state index is -0.468. The van der Waals surface area contributed by atoms with Crippen molar-refractivity contribution in [2.75, 3.05) is 0 Å². The van der Waals surface area contributed by atoms with E-state index in [1.807, 2.05) is 0 Å². The van der Waals surface area contributed by atoms with Crippen LogP contribution in [0.25, 0.3) is 0 Å². The fourth-order valence-electron chi connectivity index (χ4n) is 1.98. The van der Waals surface area contributed by atoms with Crippen molar-refractivity contribution in [2.24, 2.45) is 0 Å². The summed E-state index contributed by atoms with van der Waals surface area (Å²) < 4.78 is 0.247. The second-order valence-corrected chi connectivity index (χ2v) is 5.71. The maximum Gasteiger partial charge on any atom is 0.282 e. The van der Waals surface area contributed by atoms with Crippen molar-refractivity contribution in [3.05, 3.63) is 9.47 Å². The molecule has 2 rings (SSSR count). The van der Waals surface area contributed by atoms with Gasteiger partial charge in [-0.05, 0) is 24.4 Å². The third-order valence-corrected chi connectivity index (χ3v) is 3.91. The smallest absolute Gasteiger partial charge is 0.282 e. The van der Waals surface area contributed by atoms with Crippen LogP contribution in [0.1, 0.15) is 41.9 Å². The molecule has 1 aromatic rings. The zero-order chi connectivity index (χ0) is 12.3. The average Bonchev–Trinajstić information content (AvgIpc) is 2.63. The lowest BCUT2D eigenvalue weighted by atomic mass is 10.1.